The Morgan fingerprint density at radius 1 is 1.30 bits per heavy atom. The average Bonchev–Trinajstić information content (AvgIpc) is 2.96. The van der Waals surface area contributed by atoms with Crippen LogP contribution in [0.25, 0.3) is 11.4 Å². The monoisotopic (exact) mass is 332 g/mol. The number of amides is 1. The van der Waals surface area contributed by atoms with Gasteiger partial charge in [-0.05, 0) is 26.3 Å². The lowest BCUT2D eigenvalue weighted by Gasteiger charge is -2.08. The molecule has 1 heterocycles. The van der Waals surface area contributed by atoms with Crippen LogP contribution in [0.5, 0.6) is 0 Å². The van der Waals surface area contributed by atoms with E-state index in [2.05, 4.69) is 53.0 Å². The van der Waals surface area contributed by atoms with Crippen molar-refractivity contribution in [1.82, 2.24) is 20.1 Å². The SMILES string of the molecule is CCCCNC(=O)CSc1nnc(-c2cccc(C)c2)n1CC. The molecule has 1 amide bonds. The smallest absolute Gasteiger partial charge is 0.230 e. The van der Waals surface area contributed by atoms with E-state index in [-0.39, 0.29) is 5.91 Å². The summed E-state index contributed by atoms with van der Waals surface area (Å²) in [7, 11) is 0. The topological polar surface area (TPSA) is 59.8 Å². The summed E-state index contributed by atoms with van der Waals surface area (Å²) < 4.78 is 2.05. The van der Waals surface area contributed by atoms with E-state index < -0.39 is 0 Å². The molecule has 0 aliphatic rings. The van der Waals surface area contributed by atoms with Crippen LogP contribution in [0.3, 0.4) is 0 Å². The number of rotatable bonds is 8. The van der Waals surface area contributed by atoms with Gasteiger partial charge in [0, 0.05) is 18.7 Å². The maximum atomic E-state index is 11.8. The normalized spacial score (nSPS) is 10.7. The van der Waals surface area contributed by atoms with Crippen LogP contribution in [0, 0.1) is 6.92 Å². The minimum Gasteiger partial charge on any atom is -0.355 e. The summed E-state index contributed by atoms with van der Waals surface area (Å²) >= 11 is 1.43. The van der Waals surface area contributed by atoms with Crippen molar-refractivity contribution < 1.29 is 4.79 Å². The second-order valence-corrected chi connectivity index (χ2v) is 6.35. The second kappa shape index (κ2) is 8.72. The molecule has 0 fully saturated rings. The number of aryl methyl sites for hydroxylation is 1. The summed E-state index contributed by atoms with van der Waals surface area (Å²) in [5, 5.41) is 12.3. The average molecular weight is 332 g/mol. The fourth-order valence-corrected chi connectivity index (χ4v) is 3.10. The molecule has 0 saturated heterocycles. The fourth-order valence-electron chi connectivity index (χ4n) is 2.26. The standard InChI is InChI=1S/C17H24N4OS/c1-4-6-10-18-15(22)12-23-17-20-19-16(21(17)5-2)14-9-7-8-13(3)11-14/h7-9,11H,4-6,10,12H2,1-3H3,(H,18,22). The molecule has 6 heteroatoms. The molecule has 0 atom stereocenters. The molecule has 124 valence electrons. The first kappa shape index (κ1) is 17.5. The molecule has 1 N–H and O–H groups in total. The first-order valence-corrected chi connectivity index (χ1v) is 9.04. The Hall–Kier alpha value is -1.82. The fraction of sp³-hybridized carbons (Fsp3) is 0.471. The van der Waals surface area contributed by atoms with Crippen LogP contribution >= 0.6 is 11.8 Å². The van der Waals surface area contributed by atoms with Crippen LogP contribution in [0.2, 0.25) is 0 Å². The molecule has 1 aromatic carbocycles. The minimum atomic E-state index is 0.0474. The first-order valence-electron chi connectivity index (χ1n) is 8.05. The van der Waals surface area contributed by atoms with Crippen LogP contribution < -0.4 is 5.32 Å². The van der Waals surface area contributed by atoms with Gasteiger partial charge >= 0.3 is 0 Å². The van der Waals surface area contributed by atoms with Gasteiger partial charge in [-0.2, -0.15) is 0 Å². The number of benzene rings is 1. The van der Waals surface area contributed by atoms with E-state index in [1.165, 1.54) is 17.3 Å². The molecule has 0 saturated carbocycles. The quantitative estimate of drug-likeness (QED) is 0.595. The van der Waals surface area contributed by atoms with E-state index in [0.29, 0.717) is 5.75 Å². The van der Waals surface area contributed by atoms with Crippen LogP contribution in [0.1, 0.15) is 32.3 Å². The van der Waals surface area contributed by atoms with Gasteiger partial charge in [0.25, 0.3) is 0 Å². The van der Waals surface area contributed by atoms with E-state index in [1.807, 2.05) is 12.1 Å². The Labute approximate surface area is 141 Å². The van der Waals surface area contributed by atoms with E-state index in [0.717, 1.165) is 42.5 Å². The minimum absolute atomic E-state index is 0.0474. The lowest BCUT2D eigenvalue weighted by molar-refractivity contribution is -0.118. The Kier molecular flexibility index (Phi) is 6.65. The largest absolute Gasteiger partial charge is 0.355 e. The van der Waals surface area contributed by atoms with Crippen LogP contribution in [-0.4, -0.2) is 33.0 Å². The molecule has 2 aromatic rings. The van der Waals surface area contributed by atoms with Gasteiger partial charge in [0.1, 0.15) is 0 Å². The van der Waals surface area contributed by atoms with E-state index in [9.17, 15) is 4.79 Å². The number of unbranched alkanes of at least 4 members (excludes halogenated alkanes) is 1. The molecule has 0 unspecified atom stereocenters. The highest BCUT2D eigenvalue weighted by Gasteiger charge is 2.14. The highest BCUT2D eigenvalue weighted by molar-refractivity contribution is 7.99. The van der Waals surface area contributed by atoms with Crippen LogP contribution in [-0.2, 0) is 11.3 Å². The molecule has 23 heavy (non-hydrogen) atoms. The third-order valence-electron chi connectivity index (χ3n) is 3.49. The summed E-state index contributed by atoms with van der Waals surface area (Å²) in [6.07, 6.45) is 2.09. The molecule has 0 aliphatic carbocycles. The number of hydrogen-bond acceptors (Lipinski definition) is 4. The van der Waals surface area contributed by atoms with E-state index in [1.54, 1.807) is 0 Å². The highest BCUT2D eigenvalue weighted by Crippen LogP contribution is 2.24. The molecule has 5 nitrogen and oxygen atoms in total. The summed E-state index contributed by atoms with van der Waals surface area (Å²) in [5.74, 6) is 1.27. The van der Waals surface area contributed by atoms with Crippen molar-refractivity contribution in [1.29, 1.82) is 0 Å². The number of nitrogens with zero attached hydrogens (tertiary/aromatic N) is 3. The number of hydrogen-bond donors (Lipinski definition) is 1. The number of thioether (sulfide) groups is 1. The molecular weight excluding hydrogens is 308 g/mol. The second-order valence-electron chi connectivity index (χ2n) is 5.41. The zero-order chi connectivity index (χ0) is 16.7. The van der Waals surface area contributed by atoms with Crippen molar-refractivity contribution in [2.24, 2.45) is 0 Å². The van der Waals surface area contributed by atoms with E-state index >= 15 is 0 Å². The van der Waals surface area contributed by atoms with Crippen molar-refractivity contribution in [3.8, 4) is 11.4 Å². The van der Waals surface area contributed by atoms with Gasteiger partial charge < -0.3 is 9.88 Å². The van der Waals surface area contributed by atoms with Gasteiger partial charge in [-0.1, -0.05) is 48.9 Å². The van der Waals surface area contributed by atoms with Gasteiger partial charge in [-0.15, -0.1) is 10.2 Å². The predicted molar refractivity (Wildman–Crippen MR) is 94.5 cm³/mol. The summed E-state index contributed by atoms with van der Waals surface area (Å²) in [5.41, 5.74) is 2.25. The number of carbonyl (C=O) groups excluding carboxylic acids is 1. The number of nitrogens with one attached hydrogen (secondary N) is 1. The van der Waals surface area contributed by atoms with Gasteiger partial charge in [0.15, 0.2) is 11.0 Å². The third kappa shape index (κ3) is 4.82. The number of aromatic nitrogens is 3. The summed E-state index contributed by atoms with van der Waals surface area (Å²) in [4.78, 5) is 11.8. The van der Waals surface area contributed by atoms with Gasteiger partial charge in [0.2, 0.25) is 5.91 Å². The maximum absolute atomic E-state index is 11.8. The molecule has 2 rings (SSSR count). The number of carbonyl (C=O) groups is 1. The third-order valence-corrected chi connectivity index (χ3v) is 4.46. The molecule has 0 aliphatic heterocycles. The molecule has 1 aromatic heterocycles. The zero-order valence-corrected chi connectivity index (χ0v) is 14.8. The molecule has 0 radical (unpaired) electrons. The first-order chi connectivity index (χ1) is 11.2. The zero-order valence-electron chi connectivity index (χ0n) is 14.0. The predicted octanol–water partition coefficient (Wildman–Crippen LogP) is 3.28. The molecule has 0 spiro atoms. The summed E-state index contributed by atoms with van der Waals surface area (Å²) in [6, 6.07) is 8.22. The van der Waals surface area contributed by atoms with E-state index in [4.69, 9.17) is 0 Å². The molecule has 0 bridgehead atoms. The van der Waals surface area contributed by atoms with Crippen molar-refractivity contribution >= 4 is 17.7 Å². The van der Waals surface area contributed by atoms with Crippen molar-refractivity contribution in [3.63, 3.8) is 0 Å². The lowest BCUT2D eigenvalue weighted by Crippen LogP contribution is -2.26. The van der Waals surface area contributed by atoms with Crippen molar-refractivity contribution in [2.75, 3.05) is 12.3 Å². The molecular formula is C17H24N4OS. The summed E-state index contributed by atoms with van der Waals surface area (Å²) in [6.45, 7) is 7.75. The maximum Gasteiger partial charge on any atom is 0.230 e. The van der Waals surface area contributed by atoms with Gasteiger partial charge in [-0.25, -0.2) is 0 Å². The van der Waals surface area contributed by atoms with Gasteiger partial charge in [-0.3, -0.25) is 4.79 Å². The Morgan fingerprint density at radius 3 is 2.83 bits per heavy atom. The lowest BCUT2D eigenvalue weighted by atomic mass is 10.1. The highest BCUT2D eigenvalue weighted by atomic mass is 32.2. The van der Waals surface area contributed by atoms with Crippen LogP contribution in [0.4, 0.5) is 0 Å². The van der Waals surface area contributed by atoms with Gasteiger partial charge in [0.05, 0.1) is 5.75 Å². The Balaban J connectivity index is 2.05. The Bertz CT molecular complexity index is 654. The Morgan fingerprint density at radius 2 is 2.13 bits per heavy atom. The van der Waals surface area contributed by atoms with Crippen molar-refractivity contribution in [3.05, 3.63) is 29.8 Å². The van der Waals surface area contributed by atoms with Crippen LogP contribution in [0.15, 0.2) is 29.4 Å². The van der Waals surface area contributed by atoms with Crippen molar-refractivity contribution in [2.45, 2.75) is 45.3 Å².